The standard InChI is InChI=1S/C18H23Cl8O3P/c1-16(2,3)12-4-5-13(29-30(27)28)15(11(9-20)7-18(24,25)26)14(12)10(8-19)6-17(21,22)23/h4-5,10-11,27-28H,6-9H2,1-3H3. The van der Waals surface area contributed by atoms with Gasteiger partial charge in [-0.25, -0.2) is 0 Å². The van der Waals surface area contributed by atoms with Crippen molar-refractivity contribution in [3.8, 4) is 5.75 Å². The highest BCUT2D eigenvalue weighted by Gasteiger charge is 2.37. The molecule has 0 saturated carbocycles. The minimum atomic E-state index is -2.71. The Labute approximate surface area is 219 Å². The van der Waals surface area contributed by atoms with E-state index in [-0.39, 0.29) is 35.8 Å². The molecule has 0 spiro atoms. The van der Waals surface area contributed by atoms with E-state index in [0.29, 0.717) is 5.56 Å². The third kappa shape index (κ3) is 9.51. The van der Waals surface area contributed by atoms with E-state index in [0.717, 1.165) is 11.1 Å². The molecular weight excluding hydrogens is 579 g/mol. The molecule has 3 nitrogen and oxygen atoms in total. The number of hydrogen-bond acceptors (Lipinski definition) is 3. The Morgan fingerprint density at radius 2 is 1.27 bits per heavy atom. The van der Waals surface area contributed by atoms with Crippen molar-refractivity contribution >= 4 is 101 Å². The van der Waals surface area contributed by atoms with Crippen molar-refractivity contribution in [2.75, 3.05) is 11.8 Å². The third-order valence-electron chi connectivity index (χ3n) is 4.38. The lowest BCUT2D eigenvalue weighted by Gasteiger charge is -2.34. The molecule has 0 aromatic heterocycles. The van der Waals surface area contributed by atoms with Gasteiger partial charge in [0.2, 0.25) is 0 Å². The zero-order valence-corrected chi connectivity index (χ0v) is 23.4. The average Bonchev–Trinajstić information content (AvgIpc) is 2.54. The molecule has 0 aliphatic heterocycles. The monoisotopic (exact) mass is 598 g/mol. The summed E-state index contributed by atoms with van der Waals surface area (Å²) in [6, 6.07) is 3.46. The molecule has 0 amide bonds. The second kappa shape index (κ2) is 11.9. The van der Waals surface area contributed by atoms with Gasteiger partial charge >= 0.3 is 8.60 Å². The van der Waals surface area contributed by atoms with Crippen LogP contribution in [0.15, 0.2) is 12.1 Å². The summed E-state index contributed by atoms with van der Waals surface area (Å²) in [5, 5.41) is 0. The lowest BCUT2D eigenvalue weighted by atomic mass is 9.75. The zero-order valence-electron chi connectivity index (χ0n) is 16.4. The maximum atomic E-state index is 9.52. The van der Waals surface area contributed by atoms with Crippen LogP contribution in [-0.2, 0) is 5.41 Å². The van der Waals surface area contributed by atoms with E-state index in [1.54, 1.807) is 6.07 Å². The van der Waals surface area contributed by atoms with Crippen LogP contribution in [0.25, 0.3) is 0 Å². The van der Waals surface area contributed by atoms with Gasteiger partial charge in [0.15, 0.2) is 7.59 Å². The number of hydrogen-bond donors (Lipinski definition) is 2. The van der Waals surface area contributed by atoms with Gasteiger partial charge in [0.25, 0.3) is 0 Å². The summed E-state index contributed by atoms with van der Waals surface area (Å²) in [5.74, 6) is -0.529. The highest BCUT2D eigenvalue weighted by molar-refractivity contribution is 7.39. The zero-order chi connectivity index (χ0) is 23.5. The lowest BCUT2D eigenvalue weighted by Crippen LogP contribution is -2.24. The molecule has 1 rings (SSSR count). The molecule has 1 aromatic rings. The fourth-order valence-corrected chi connectivity index (χ4v) is 5.30. The Hall–Kier alpha value is 1.69. The first-order valence-electron chi connectivity index (χ1n) is 8.78. The molecule has 0 saturated heterocycles. The van der Waals surface area contributed by atoms with Gasteiger partial charge in [0.05, 0.1) is 0 Å². The maximum Gasteiger partial charge on any atom is 0.391 e. The summed E-state index contributed by atoms with van der Waals surface area (Å²) in [4.78, 5) is 19.0. The smallest absolute Gasteiger partial charge is 0.391 e. The van der Waals surface area contributed by atoms with E-state index in [2.05, 4.69) is 0 Å². The van der Waals surface area contributed by atoms with Crippen LogP contribution in [0.4, 0.5) is 0 Å². The number of rotatable bonds is 8. The normalized spacial score (nSPS) is 15.4. The predicted octanol–water partition coefficient (Wildman–Crippen LogP) is 8.74. The van der Waals surface area contributed by atoms with Crippen LogP contribution in [0, 0.1) is 0 Å². The molecule has 0 heterocycles. The van der Waals surface area contributed by atoms with E-state index in [4.69, 9.17) is 97.3 Å². The molecule has 0 radical (unpaired) electrons. The Morgan fingerprint density at radius 1 is 0.833 bits per heavy atom. The molecule has 2 unspecified atom stereocenters. The predicted molar refractivity (Wildman–Crippen MR) is 134 cm³/mol. The van der Waals surface area contributed by atoms with Gasteiger partial charge < -0.3 is 14.3 Å². The van der Waals surface area contributed by atoms with E-state index in [1.807, 2.05) is 26.8 Å². The second-order valence-electron chi connectivity index (χ2n) is 7.87. The fourth-order valence-electron chi connectivity index (χ4n) is 3.33. The number of halogens is 8. The molecule has 0 aliphatic carbocycles. The SMILES string of the molecule is CC(C)(C)c1ccc(OP(O)O)c(C(CCl)CC(Cl)(Cl)Cl)c1C(CCl)CC(Cl)(Cl)Cl. The first kappa shape index (κ1) is 29.7. The molecule has 2 N–H and O–H groups in total. The van der Waals surface area contributed by atoms with Gasteiger partial charge in [-0.3, -0.25) is 0 Å². The molecule has 12 heteroatoms. The second-order valence-corrected chi connectivity index (χ2v) is 14.2. The number of benzene rings is 1. The van der Waals surface area contributed by atoms with Crippen molar-refractivity contribution in [3.05, 3.63) is 28.8 Å². The van der Waals surface area contributed by atoms with E-state index in [9.17, 15) is 9.79 Å². The Morgan fingerprint density at radius 3 is 1.60 bits per heavy atom. The summed E-state index contributed by atoms with van der Waals surface area (Å²) >= 11 is 49.1. The first-order valence-corrected chi connectivity index (χ1v) is 13.3. The highest BCUT2D eigenvalue weighted by atomic mass is 35.6. The van der Waals surface area contributed by atoms with Crippen molar-refractivity contribution in [1.82, 2.24) is 0 Å². The van der Waals surface area contributed by atoms with Crippen LogP contribution < -0.4 is 4.52 Å². The van der Waals surface area contributed by atoms with Crippen molar-refractivity contribution in [1.29, 1.82) is 0 Å². The van der Waals surface area contributed by atoms with Crippen LogP contribution >= 0.6 is 101 Å². The Bertz CT molecular complexity index is 698. The molecule has 1 aromatic carbocycles. The van der Waals surface area contributed by atoms with Gasteiger partial charge in [-0.05, 0) is 22.6 Å². The van der Waals surface area contributed by atoms with Crippen LogP contribution in [0.5, 0.6) is 5.75 Å². The van der Waals surface area contributed by atoms with Crippen molar-refractivity contribution < 1.29 is 14.3 Å². The van der Waals surface area contributed by atoms with Gasteiger partial charge in [-0.15, -0.1) is 23.2 Å². The van der Waals surface area contributed by atoms with Gasteiger partial charge in [-0.1, -0.05) is 96.4 Å². The Balaban J connectivity index is 3.91. The van der Waals surface area contributed by atoms with Crippen molar-refractivity contribution in [2.45, 2.75) is 58.4 Å². The first-order chi connectivity index (χ1) is 13.5. The largest absolute Gasteiger partial charge is 0.427 e. The maximum absolute atomic E-state index is 9.52. The van der Waals surface area contributed by atoms with Crippen LogP contribution in [0.2, 0.25) is 0 Å². The summed E-state index contributed by atoms with van der Waals surface area (Å²) in [7, 11) is -2.71. The summed E-state index contributed by atoms with van der Waals surface area (Å²) in [6.45, 7) is 6.06. The average molecular weight is 602 g/mol. The van der Waals surface area contributed by atoms with Crippen LogP contribution in [-0.4, -0.2) is 29.1 Å². The minimum absolute atomic E-state index is 0.0513. The molecule has 2 atom stereocenters. The summed E-state index contributed by atoms with van der Waals surface area (Å²) in [6.07, 6.45) is 0.159. The summed E-state index contributed by atoms with van der Waals surface area (Å²) in [5.41, 5.74) is 1.86. The van der Waals surface area contributed by atoms with Gasteiger partial charge in [0.1, 0.15) is 5.75 Å². The third-order valence-corrected chi connectivity index (χ3v) is 6.41. The molecule has 174 valence electrons. The van der Waals surface area contributed by atoms with Crippen LogP contribution in [0.1, 0.15) is 62.1 Å². The molecular formula is C18H23Cl8O3P. The molecule has 0 fully saturated rings. The molecule has 0 aliphatic rings. The lowest BCUT2D eigenvalue weighted by molar-refractivity contribution is 0.371. The Kier molecular flexibility index (Phi) is 11.8. The van der Waals surface area contributed by atoms with Crippen LogP contribution in [0.3, 0.4) is 0 Å². The minimum Gasteiger partial charge on any atom is -0.427 e. The quantitative estimate of drug-likeness (QED) is 0.231. The van der Waals surface area contributed by atoms with Crippen molar-refractivity contribution in [3.63, 3.8) is 0 Å². The van der Waals surface area contributed by atoms with E-state index in [1.165, 1.54) is 0 Å². The molecule has 30 heavy (non-hydrogen) atoms. The number of alkyl halides is 8. The van der Waals surface area contributed by atoms with Gasteiger partial charge in [0, 0.05) is 42.0 Å². The molecule has 0 bridgehead atoms. The summed E-state index contributed by atoms with van der Waals surface area (Å²) < 4.78 is 2.14. The van der Waals surface area contributed by atoms with E-state index < -0.39 is 28.0 Å². The fraction of sp³-hybridized carbons (Fsp3) is 0.667. The van der Waals surface area contributed by atoms with Crippen molar-refractivity contribution in [2.24, 2.45) is 0 Å². The van der Waals surface area contributed by atoms with E-state index >= 15 is 0 Å². The highest BCUT2D eigenvalue weighted by Crippen LogP contribution is 2.50. The topological polar surface area (TPSA) is 49.7 Å². The van der Waals surface area contributed by atoms with Gasteiger partial charge in [-0.2, -0.15) is 0 Å².